The number of benzene rings is 1. The maximum Gasteiger partial charge on any atom is 0.342 e. The summed E-state index contributed by atoms with van der Waals surface area (Å²) in [6, 6.07) is 3.53. The van der Waals surface area contributed by atoms with Crippen molar-refractivity contribution in [3.05, 3.63) is 23.8 Å². The number of methoxy groups -OCH3 is 1. The number of nitrogens with two attached hydrogens (primary N) is 1. The standard InChI is InChI=1S/C14H20N2O6S/c1-14(2,3)16-12(17)8-22-13(18)10-7-9(23(15,19)20)5-6-11(10)21-4/h5-7H,8H2,1-4H3,(H,16,17)(H2,15,19,20). The fraction of sp³-hybridized carbons (Fsp3) is 0.429. The number of sulfonamides is 1. The van der Waals surface area contributed by atoms with Gasteiger partial charge in [0.25, 0.3) is 5.91 Å². The Morgan fingerprint density at radius 1 is 1.26 bits per heavy atom. The van der Waals surface area contributed by atoms with Crippen LogP contribution < -0.4 is 15.2 Å². The monoisotopic (exact) mass is 344 g/mol. The van der Waals surface area contributed by atoms with Crippen molar-refractivity contribution in [2.24, 2.45) is 5.14 Å². The number of carbonyl (C=O) groups is 2. The van der Waals surface area contributed by atoms with Crippen LogP contribution in [0.3, 0.4) is 0 Å². The summed E-state index contributed by atoms with van der Waals surface area (Å²) in [5.74, 6) is -1.26. The van der Waals surface area contributed by atoms with Crippen molar-refractivity contribution in [2.75, 3.05) is 13.7 Å². The second kappa shape index (κ2) is 6.97. The molecule has 0 spiro atoms. The van der Waals surface area contributed by atoms with E-state index in [-0.39, 0.29) is 16.2 Å². The minimum absolute atomic E-state index is 0.110. The normalized spacial score (nSPS) is 11.7. The number of carbonyl (C=O) groups excluding carboxylic acids is 2. The van der Waals surface area contributed by atoms with Crippen LogP contribution in [0.5, 0.6) is 5.75 Å². The van der Waals surface area contributed by atoms with E-state index in [9.17, 15) is 18.0 Å². The van der Waals surface area contributed by atoms with E-state index in [1.54, 1.807) is 20.8 Å². The number of rotatable bonds is 5. The summed E-state index contributed by atoms with van der Waals surface area (Å²) < 4.78 is 32.6. The first kappa shape index (κ1) is 18.9. The first-order valence-corrected chi connectivity index (χ1v) is 8.17. The van der Waals surface area contributed by atoms with E-state index in [2.05, 4.69) is 5.32 Å². The Morgan fingerprint density at radius 3 is 2.35 bits per heavy atom. The molecule has 0 fully saturated rings. The molecule has 23 heavy (non-hydrogen) atoms. The van der Waals surface area contributed by atoms with Gasteiger partial charge in [0.2, 0.25) is 10.0 Å². The first-order chi connectivity index (χ1) is 10.4. The van der Waals surface area contributed by atoms with Gasteiger partial charge in [-0.25, -0.2) is 18.4 Å². The zero-order chi connectivity index (χ0) is 17.8. The zero-order valence-electron chi connectivity index (χ0n) is 13.4. The molecule has 1 aromatic rings. The van der Waals surface area contributed by atoms with Gasteiger partial charge in [0.05, 0.1) is 12.0 Å². The predicted octanol–water partition coefficient (Wildman–Crippen LogP) is 0.414. The van der Waals surface area contributed by atoms with Gasteiger partial charge in [-0.05, 0) is 39.0 Å². The largest absolute Gasteiger partial charge is 0.496 e. The highest BCUT2D eigenvalue weighted by molar-refractivity contribution is 7.89. The molecule has 0 aromatic heterocycles. The minimum atomic E-state index is -3.98. The van der Waals surface area contributed by atoms with Crippen LogP contribution >= 0.6 is 0 Å². The molecule has 0 heterocycles. The van der Waals surface area contributed by atoms with Gasteiger partial charge < -0.3 is 14.8 Å². The average molecular weight is 344 g/mol. The second-order valence-electron chi connectivity index (χ2n) is 5.78. The summed E-state index contributed by atoms with van der Waals surface area (Å²) >= 11 is 0. The van der Waals surface area contributed by atoms with Crippen LogP contribution in [0.4, 0.5) is 0 Å². The van der Waals surface area contributed by atoms with Crippen LogP contribution in [0.2, 0.25) is 0 Å². The summed E-state index contributed by atoms with van der Waals surface area (Å²) in [4.78, 5) is 23.4. The number of hydrogen-bond acceptors (Lipinski definition) is 6. The lowest BCUT2D eigenvalue weighted by molar-refractivity contribution is -0.125. The smallest absolute Gasteiger partial charge is 0.342 e. The highest BCUT2D eigenvalue weighted by atomic mass is 32.2. The SMILES string of the molecule is COc1ccc(S(N)(=O)=O)cc1C(=O)OCC(=O)NC(C)(C)C. The van der Waals surface area contributed by atoms with Gasteiger partial charge in [-0.2, -0.15) is 0 Å². The molecule has 0 aliphatic rings. The topological polar surface area (TPSA) is 125 Å². The Labute approximate surface area is 135 Å². The third-order valence-electron chi connectivity index (χ3n) is 2.57. The van der Waals surface area contributed by atoms with E-state index in [4.69, 9.17) is 14.6 Å². The molecule has 0 atom stereocenters. The summed E-state index contributed by atoms with van der Waals surface area (Å²) in [7, 11) is -2.67. The van der Waals surface area contributed by atoms with Gasteiger partial charge in [0.1, 0.15) is 11.3 Å². The summed E-state index contributed by atoms with van der Waals surface area (Å²) in [6.07, 6.45) is 0. The molecule has 3 N–H and O–H groups in total. The molecular formula is C14H20N2O6S. The summed E-state index contributed by atoms with van der Waals surface area (Å²) in [5, 5.41) is 7.65. The van der Waals surface area contributed by atoms with Crippen molar-refractivity contribution in [1.82, 2.24) is 5.32 Å². The molecule has 0 aliphatic carbocycles. The van der Waals surface area contributed by atoms with Gasteiger partial charge in [-0.1, -0.05) is 0 Å². The van der Waals surface area contributed by atoms with Crippen LogP contribution in [-0.2, 0) is 19.6 Å². The van der Waals surface area contributed by atoms with Crippen molar-refractivity contribution in [2.45, 2.75) is 31.2 Å². The lowest BCUT2D eigenvalue weighted by Gasteiger charge is -2.20. The molecule has 0 saturated carbocycles. The Balaban J connectivity index is 2.93. The number of amides is 1. The lowest BCUT2D eigenvalue weighted by Crippen LogP contribution is -2.42. The molecule has 1 rings (SSSR count). The van der Waals surface area contributed by atoms with E-state index in [0.29, 0.717) is 0 Å². The van der Waals surface area contributed by atoms with Crippen LogP contribution in [0.25, 0.3) is 0 Å². The van der Waals surface area contributed by atoms with Gasteiger partial charge in [0, 0.05) is 5.54 Å². The van der Waals surface area contributed by atoms with Crippen molar-refractivity contribution in [1.29, 1.82) is 0 Å². The third kappa shape index (κ3) is 5.87. The quantitative estimate of drug-likeness (QED) is 0.746. The van der Waals surface area contributed by atoms with Crippen LogP contribution in [0.15, 0.2) is 23.1 Å². The molecule has 0 bridgehead atoms. The first-order valence-electron chi connectivity index (χ1n) is 6.63. The Morgan fingerprint density at radius 2 is 1.87 bits per heavy atom. The minimum Gasteiger partial charge on any atom is -0.496 e. The summed E-state index contributed by atoms with van der Waals surface area (Å²) in [5.41, 5.74) is -0.600. The second-order valence-corrected chi connectivity index (χ2v) is 7.34. The molecule has 8 nitrogen and oxygen atoms in total. The fourth-order valence-corrected chi connectivity index (χ4v) is 2.23. The summed E-state index contributed by atoms with van der Waals surface area (Å²) in [6.45, 7) is 4.85. The van der Waals surface area contributed by atoms with E-state index in [1.807, 2.05) is 0 Å². The highest BCUT2D eigenvalue weighted by Gasteiger charge is 2.20. The Bertz CT molecular complexity index is 706. The van der Waals surface area contributed by atoms with Gasteiger partial charge in [-0.15, -0.1) is 0 Å². The molecule has 0 unspecified atom stereocenters. The number of nitrogens with one attached hydrogen (secondary N) is 1. The molecular weight excluding hydrogens is 324 g/mol. The molecule has 1 aromatic carbocycles. The number of hydrogen-bond donors (Lipinski definition) is 2. The van der Waals surface area contributed by atoms with Gasteiger partial charge in [0.15, 0.2) is 6.61 Å². The number of esters is 1. The molecule has 1 amide bonds. The Kier molecular flexibility index (Phi) is 5.73. The van der Waals surface area contributed by atoms with Crippen molar-refractivity contribution in [3.8, 4) is 5.75 Å². The highest BCUT2D eigenvalue weighted by Crippen LogP contribution is 2.22. The average Bonchev–Trinajstić information content (AvgIpc) is 2.41. The van der Waals surface area contributed by atoms with E-state index in [0.717, 1.165) is 6.07 Å². The van der Waals surface area contributed by atoms with Crippen molar-refractivity contribution < 1.29 is 27.5 Å². The fourth-order valence-electron chi connectivity index (χ4n) is 1.69. The molecule has 128 valence electrons. The number of primary sulfonamides is 1. The lowest BCUT2D eigenvalue weighted by atomic mass is 10.1. The van der Waals surface area contributed by atoms with Crippen molar-refractivity contribution >= 4 is 21.9 Å². The van der Waals surface area contributed by atoms with E-state index < -0.39 is 34.0 Å². The third-order valence-corrected chi connectivity index (χ3v) is 3.48. The zero-order valence-corrected chi connectivity index (χ0v) is 14.2. The van der Waals surface area contributed by atoms with Gasteiger partial charge in [-0.3, -0.25) is 4.79 Å². The van der Waals surface area contributed by atoms with Crippen molar-refractivity contribution in [3.63, 3.8) is 0 Å². The van der Waals surface area contributed by atoms with Crippen LogP contribution in [0.1, 0.15) is 31.1 Å². The molecule has 0 saturated heterocycles. The maximum atomic E-state index is 12.1. The Hall–Kier alpha value is -2.13. The number of ether oxygens (including phenoxy) is 2. The maximum absolute atomic E-state index is 12.1. The molecule has 0 radical (unpaired) electrons. The molecule has 9 heteroatoms. The van der Waals surface area contributed by atoms with E-state index >= 15 is 0 Å². The van der Waals surface area contributed by atoms with Gasteiger partial charge >= 0.3 is 5.97 Å². The van der Waals surface area contributed by atoms with Crippen LogP contribution in [0, 0.1) is 0 Å². The van der Waals surface area contributed by atoms with E-state index in [1.165, 1.54) is 19.2 Å². The predicted molar refractivity (Wildman–Crippen MR) is 82.5 cm³/mol. The van der Waals surface area contributed by atoms with Crippen LogP contribution in [-0.4, -0.2) is 39.5 Å². The molecule has 0 aliphatic heterocycles.